The normalized spacial score (nSPS) is 35.5. The Bertz CT molecular complexity index is 454. The van der Waals surface area contributed by atoms with Gasteiger partial charge in [0.25, 0.3) is 0 Å². The van der Waals surface area contributed by atoms with Crippen LogP contribution in [-0.2, 0) is 9.53 Å². The summed E-state index contributed by atoms with van der Waals surface area (Å²) in [4.78, 5) is 12.2. The summed E-state index contributed by atoms with van der Waals surface area (Å²) in [5, 5.41) is 0. The molecule has 0 spiro atoms. The van der Waals surface area contributed by atoms with E-state index in [1.54, 1.807) is 5.57 Å². The highest BCUT2D eigenvalue weighted by Gasteiger charge is 2.34. The van der Waals surface area contributed by atoms with Crippen molar-refractivity contribution in [3.8, 4) is 0 Å². The van der Waals surface area contributed by atoms with E-state index in [1.807, 2.05) is 6.92 Å². The zero-order chi connectivity index (χ0) is 12.5. The summed E-state index contributed by atoms with van der Waals surface area (Å²) < 4.78 is 5.26. The monoisotopic (exact) mass is 244 g/mol. The van der Waals surface area contributed by atoms with Crippen molar-refractivity contribution < 1.29 is 9.53 Å². The Balaban J connectivity index is 1.95. The fraction of sp³-hybridized carbons (Fsp3) is 0.562. The van der Waals surface area contributed by atoms with Gasteiger partial charge in [0.1, 0.15) is 0 Å². The first-order valence-electron chi connectivity index (χ1n) is 7.03. The maximum Gasteiger partial charge on any atom is 0.313 e. The lowest BCUT2D eigenvalue weighted by Crippen LogP contribution is -2.25. The molecule has 0 heterocycles. The predicted molar refractivity (Wildman–Crippen MR) is 70.9 cm³/mol. The van der Waals surface area contributed by atoms with Crippen LogP contribution in [0.25, 0.3) is 0 Å². The first-order chi connectivity index (χ1) is 8.78. The van der Waals surface area contributed by atoms with Crippen LogP contribution in [0.5, 0.6) is 0 Å². The van der Waals surface area contributed by atoms with Crippen molar-refractivity contribution in [2.45, 2.75) is 39.0 Å². The second kappa shape index (κ2) is 4.75. The maximum atomic E-state index is 12.2. The van der Waals surface area contributed by atoms with Crippen molar-refractivity contribution >= 4 is 5.97 Å². The summed E-state index contributed by atoms with van der Waals surface area (Å²) in [6, 6.07) is 0. The van der Waals surface area contributed by atoms with Crippen LogP contribution < -0.4 is 0 Å². The SMILES string of the molecule is CCOC(=O)[C@@H]1/C=C2/CC/C(=C/C3=CCC[C@@H]31)C2. The number of allylic oxidation sites excluding steroid dienone is 5. The van der Waals surface area contributed by atoms with Crippen molar-refractivity contribution in [3.63, 3.8) is 0 Å². The summed E-state index contributed by atoms with van der Waals surface area (Å²) >= 11 is 0. The van der Waals surface area contributed by atoms with Gasteiger partial charge in [-0.3, -0.25) is 4.79 Å². The molecule has 3 aliphatic carbocycles. The van der Waals surface area contributed by atoms with Gasteiger partial charge in [0, 0.05) is 5.92 Å². The van der Waals surface area contributed by atoms with E-state index >= 15 is 0 Å². The average Bonchev–Trinajstić information content (AvgIpc) is 2.94. The number of rotatable bonds is 2. The van der Waals surface area contributed by atoms with Crippen LogP contribution >= 0.6 is 0 Å². The lowest BCUT2D eigenvalue weighted by molar-refractivity contribution is -0.147. The van der Waals surface area contributed by atoms with Crippen molar-refractivity contribution in [2.75, 3.05) is 6.61 Å². The highest BCUT2D eigenvalue weighted by Crippen LogP contribution is 2.42. The summed E-state index contributed by atoms with van der Waals surface area (Å²) in [5.41, 5.74) is 4.35. The van der Waals surface area contributed by atoms with E-state index in [0.717, 1.165) is 25.7 Å². The van der Waals surface area contributed by atoms with Crippen LogP contribution in [0.3, 0.4) is 0 Å². The Labute approximate surface area is 108 Å². The van der Waals surface area contributed by atoms with Gasteiger partial charge in [-0.15, -0.1) is 0 Å². The standard InChI is InChI=1S/C16H20O2/c1-2-18-16(17)15-10-12-7-6-11(8-12)9-13-4-3-5-14(13)15/h4,9-10,14-15H,2-3,5-8H2,1H3/b11-9-,12-10-/t14-,15+/m0/s1. The van der Waals surface area contributed by atoms with E-state index in [2.05, 4.69) is 18.2 Å². The summed E-state index contributed by atoms with van der Waals surface area (Å²) in [6.45, 7) is 2.36. The Morgan fingerprint density at radius 2 is 2.22 bits per heavy atom. The molecule has 2 nitrogen and oxygen atoms in total. The number of carbonyl (C=O) groups is 1. The van der Waals surface area contributed by atoms with Gasteiger partial charge in [0.05, 0.1) is 12.5 Å². The van der Waals surface area contributed by atoms with Gasteiger partial charge in [0.2, 0.25) is 0 Å². The van der Waals surface area contributed by atoms with Crippen LogP contribution in [0.15, 0.2) is 34.9 Å². The Morgan fingerprint density at radius 3 is 3.06 bits per heavy atom. The minimum absolute atomic E-state index is 0.0356. The van der Waals surface area contributed by atoms with Crippen LogP contribution in [0.1, 0.15) is 39.0 Å². The summed E-state index contributed by atoms with van der Waals surface area (Å²) in [6.07, 6.45) is 12.4. The Kier molecular flexibility index (Phi) is 3.11. The molecule has 2 heteroatoms. The number of hydrogen-bond acceptors (Lipinski definition) is 2. The topological polar surface area (TPSA) is 26.3 Å². The average molecular weight is 244 g/mol. The molecule has 96 valence electrons. The van der Waals surface area contributed by atoms with Gasteiger partial charge in [-0.2, -0.15) is 0 Å². The Hall–Kier alpha value is -1.31. The Morgan fingerprint density at radius 1 is 1.39 bits per heavy atom. The number of esters is 1. The van der Waals surface area contributed by atoms with Gasteiger partial charge in [0.15, 0.2) is 0 Å². The highest BCUT2D eigenvalue weighted by molar-refractivity contribution is 5.76. The molecule has 0 N–H and O–H groups in total. The second-order valence-electron chi connectivity index (χ2n) is 5.47. The van der Waals surface area contributed by atoms with E-state index in [9.17, 15) is 4.79 Å². The first-order valence-corrected chi connectivity index (χ1v) is 7.03. The molecule has 0 amide bonds. The molecule has 18 heavy (non-hydrogen) atoms. The molecule has 2 atom stereocenters. The second-order valence-corrected chi connectivity index (χ2v) is 5.47. The van der Waals surface area contributed by atoms with Crippen molar-refractivity contribution in [2.24, 2.45) is 11.8 Å². The molecule has 2 bridgehead atoms. The molecule has 1 saturated carbocycles. The van der Waals surface area contributed by atoms with Crippen LogP contribution in [-0.4, -0.2) is 12.6 Å². The molecule has 0 aromatic rings. The molecule has 3 aliphatic rings. The minimum atomic E-state index is -0.0513. The number of carbonyl (C=O) groups excluding carboxylic acids is 1. The van der Waals surface area contributed by atoms with Gasteiger partial charge in [-0.05, 0) is 44.6 Å². The van der Waals surface area contributed by atoms with E-state index < -0.39 is 0 Å². The van der Waals surface area contributed by atoms with Gasteiger partial charge in [-0.1, -0.05) is 29.4 Å². The molecule has 3 rings (SSSR count). The highest BCUT2D eigenvalue weighted by atomic mass is 16.5. The van der Waals surface area contributed by atoms with Gasteiger partial charge < -0.3 is 4.74 Å². The lowest BCUT2D eigenvalue weighted by atomic mass is 9.83. The fourth-order valence-corrected chi connectivity index (χ4v) is 3.43. The largest absolute Gasteiger partial charge is 0.466 e. The molecular weight excluding hydrogens is 224 g/mol. The van der Waals surface area contributed by atoms with Crippen LogP contribution in [0.2, 0.25) is 0 Å². The molecule has 0 unspecified atom stereocenters. The van der Waals surface area contributed by atoms with Crippen molar-refractivity contribution in [3.05, 3.63) is 34.9 Å². The van der Waals surface area contributed by atoms with Crippen molar-refractivity contribution in [1.82, 2.24) is 0 Å². The molecule has 0 aromatic heterocycles. The molecule has 0 aromatic carbocycles. The minimum Gasteiger partial charge on any atom is -0.466 e. The zero-order valence-electron chi connectivity index (χ0n) is 10.9. The third kappa shape index (κ3) is 2.05. The smallest absolute Gasteiger partial charge is 0.313 e. The van der Waals surface area contributed by atoms with Crippen molar-refractivity contribution in [1.29, 1.82) is 0 Å². The summed E-state index contributed by atoms with van der Waals surface area (Å²) in [7, 11) is 0. The molecular formula is C16H20O2. The maximum absolute atomic E-state index is 12.2. The predicted octanol–water partition coefficient (Wildman–Crippen LogP) is 3.55. The molecule has 0 saturated heterocycles. The molecule has 0 radical (unpaired) electrons. The first kappa shape index (κ1) is 11.8. The quantitative estimate of drug-likeness (QED) is 0.548. The lowest BCUT2D eigenvalue weighted by Gasteiger charge is -2.23. The van der Waals surface area contributed by atoms with Gasteiger partial charge in [-0.25, -0.2) is 0 Å². The molecule has 0 aliphatic heterocycles. The summed E-state index contributed by atoms with van der Waals surface area (Å²) in [5.74, 6) is 0.267. The zero-order valence-corrected chi connectivity index (χ0v) is 10.9. The van der Waals surface area contributed by atoms with Crippen LogP contribution in [0.4, 0.5) is 0 Å². The van der Waals surface area contributed by atoms with E-state index in [0.29, 0.717) is 12.5 Å². The fourth-order valence-electron chi connectivity index (χ4n) is 3.43. The molecule has 1 fully saturated rings. The number of ether oxygens (including phenoxy) is 1. The number of hydrogen-bond donors (Lipinski definition) is 0. The van der Waals surface area contributed by atoms with E-state index in [1.165, 1.54) is 17.6 Å². The van der Waals surface area contributed by atoms with Gasteiger partial charge >= 0.3 is 5.97 Å². The number of fused-ring (bicyclic) bond motifs is 3. The third-order valence-corrected chi connectivity index (χ3v) is 4.29. The van der Waals surface area contributed by atoms with Crippen LogP contribution in [0, 0.1) is 11.8 Å². The van der Waals surface area contributed by atoms with E-state index in [-0.39, 0.29) is 11.9 Å². The third-order valence-electron chi connectivity index (χ3n) is 4.29. The van der Waals surface area contributed by atoms with E-state index in [4.69, 9.17) is 4.74 Å².